The molecule has 3 nitrogen and oxygen atoms in total. The van der Waals surface area contributed by atoms with Gasteiger partial charge in [-0.25, -0.2) is 4.98 Å². The molecule has 0 aliphatic carbocycles. The van der Waals surface area contributed by atoms with E-state index in [4.69, 9.17) is 0 Å². The molecule has 3 rings (SSSR count). The summed E-state index contributed by atoms with van der Waals surface area (Å²) in [6.07, 6.45) is 3.68. The van der Waals surface area contributed by atoms with Crippen LogP contribution in [0, 0.1) is 6.92 Å². The number of benzene rings is 1. The zero-order valence-electron chi connectivity index (χ0n) is 10.9. The summed E-state index contributed by atoms with van der Waals surface area (Å²) in [5.74, 6) is 0. The predicted molar refractivity (Wildman–Crippen MR) is 76.8 cm³/mol. The van der Waals surface area contributed by atoms with Crippen molar-refractivity contribution in [3.63, 3.8) is 0 Å². The number of nitrogens with zero attached hydrogens (tertiary/aromatic N) is 1. The number of nitrogens with one attached hydrogen (secondary N) is 2. The number of aromatic amines is 1. The van der Waals surface area contributed by atoms with Crippen LogP contribution < -0.4 is 10.3 Å². The number of aryl methyl sites for hydroxylation is 1. The van der Waals surface area contributed by atoms with Crippen LogP contribution in [-0.2, 0) is 6.54 Å². The summed E-state index contributed by atoms with van der Waals surface area (Å²) in [4.78, 5) is 7.51. The number of fused-ring (bicyclic) bond motifs is 1. The van der Waals surface area contributed by atoms with E-state index in [0.29, 0.717) is 0 Å². The second kappa shape index (κ2) is 5.06. The third-order valence-electron chi connectivity index (χ3n) is 3.12. The summed E-state index contributed by atoms with van der Waals surface area (Å²) < 4.78 is 0. The van der Waals surface area contributed by atoms with Crippen molar-refractivity contribution in [2.45, 2.75) is 13.5 Å². The lowest BCUT2D eigenvalue weighted by Gasteiger charge is -2.08. The number of hydrogen-bond acceptors (Lipinski definition) is 2. The fourth-order valence-corrected chi connectivity index (χ4v) is 2.22. The summed E-state index contributed by atoms with van der Waals surface area (Å²) in [6.45, 7) is 2.85. The van der Waals surface area contributed by atoms with Gasteiger partial charge < -0.3 is 5.32 Å². The predicted octanol–water partition coefficient (Wildman–Crippen LogP) is 2.97. The lowest BCUT2D eigenvalue weighted by molar-refractivity contribution is -0.354. The van der Waals surface area contributed by atoms with Gasteiger partial charge in [-0.2, -0.15) is 0 Å². The minimum absolute atomic E-state index is 0.779. The Labute approximate surface area is 112 Å². The molecule has 3 heteroatoms. The van der Waals surface area contributed by atoms with Crippen LogP contribution in [0.4, 0.5) is 5.69 Å². The van der Waals surface area contributed by atoms with Crippen molar-refractivity contribution < 1.29 is 4.98 Å². The first-order chi connectivity index (χ1) is 9.33. The first-order valence-electron chi connectivity index (χ1n) is 6.37. The Morgan fingerprint density at radius 2 is 2.05 bits per heavy atom. The van der Waals surface area contributed by atoms with Gasteiger partial charge in [0.2, 0.25) is 5.52 Å². The largest absolute Gasteiger partial charge is 0.380 e. The molecule has 0 aliphatic rings. The van der Waals surface area contributed by atoms with Gasteiger partial charge in [0.1, 0.15) is 0 Å². The van der Waals surface area contributed by atoms with Crippen LogP contribution in [0.3, 0.4) is 0 Å². The van der Waals surface area contributed by atoms with Gasteiger partial charge in [0.05, 0.1) is 11.1 Å². The zero-order chi connectivity index (χ0) is 13.1. The number of hydrogen-bond donors (Lipinski definition) is 1. The van der Waals surface area contributed by atoms with Gasteiger partial charge >= 0.3 is 0 Å². The van der Waals surface area contributed by atoms with Gasteiger partial charge in [-0.05, 0) is 17.7 Å². The highest BCUT2D eigenvalue weighted by atomic mass is 14.9. The van der Waals surface area contributed by atoms with E-state index in [-0.39, 0.29) is 0 Å². The molecule has 2 heterocycles. The molecule has 0 atom stereocenters. The first-order valence-corrected chi connectivity index (χ1v) is 6.37. The van der Waals surface area contributed by atoms with Crippen LogP contribution >= 0.6 is 0 Å². The average molecular weight is 250 g/mol. The molecule has 2 N–H and O–H groups in total. The highest BCUT2D eigenvalue weighted by Gasteiger charge is 2.07. The van der Waals surface area contributed by atoms with E-state index in [1.54, 1.807) is 6.20 Å². The molecule has 1 aromatic carbocycles. The van der Waals surface area contributed by atoms with Crippen LogP contribution in [0.25, 0.3) is 10.9 Å². The molecule has 0 fully saturated rings. The molecule has 3 aromatic rings. The summed E-state index contributed by atoms with van der Waals surface area (Å²) in [5.41, 5.74) is 4.62. The van der Waals surface area contributed by atoms with Gasteiger partial charge in [-0.15, -0.1) is 0 Å². The van der Waals surface area contributed by atoms with Crippen molar-refractivity contribution in [1.82, 2.24) is 4.98 Å². The van der Waals surface area contributed by atoms with E-state index in [0.717, 1.165) is 23.4 Å². The summed E-state index contributed by atoms with van der Waals surface area (Å²) in [6, 6.07) is 14.5. The molecule has 0 amide bonds. The lowest BCUT2D eigenvalue weighted by Crippen LogP contribution is -2.11. The molecule has 0 saturated heterocycles. The molecule has 19 heavy (non-hydrogen) atoms. The van der Waals surface area contributed by atoms with Crippen LogP contribution in [0.15, 0.2) is 54.9 Å². The fourth-order valence-electron chi connectivity index (χ4n) is 2.22. The number of aromatic nitrogens is 2. The van der Waals surface area contributed by atoms with Gasteiger partial charge in [0.25, 0.3) is 0 Å². The second-order valence-electron chi connectivity index (χ2n) is 4.63. The Morgan fingerprint density at radius 3 is 2.89 bits per heavy atom. The summed E-state index contributed by atoms with van der Waals surface area (Å²) in [5, 5.41) is 4.69. The summed E-state index contributed by atoms with van der Waals surface area (Å²) in [7, 11) is 0. The van der Waals surface area contributed by atoms with Crippen LogP contribution in [-0.4, -0.2) is 4.98 Å². The molecule has 0 spiro atoms. The Bertz CT molecular complexity index is 693. The zero-order valence-corrected chi connectivity index (χ0v) is 10.9. The van der Waals surface area contributed by atoms with Crippen molar-refractivity contribution >= 4 is 16.6 Å². The van der Waals surface area contributed by atoms with Gasteiger partial charge in [-0.1, -0.05) is 18.2 Å². The van der Waals surface area contributed by atoms with E-state index in [1.807, 2.05) is 18.3 Å². The fraction of sp³-hybridized carbons (Fsp3) is 0.125. The number of para-hydroxylation sites is 1. The molecular formula is C16H16N3+. The average Bonchev–Trinajstić information content (AvgIpc) is 2.45. The minimum atomic E-state index is 0.779. The summed E-state index contributed by atoms with van der Waals surface area (Å²) >= 11 is 0. The Hall–Kier alpha value is -2.42. The minimum Gasteiger partial charge on any atom is -0.380 e. The molecule has 0 radical (unpaired) electrons. The number of H-pyrrole nitrogens is 1. The topological polar surface area (TPSA) is 39.1 Å². The third kappa shape index (κ3) is 2.55. The lowest BCUT2D eigenvalue weighted by atomic mass is 10.1. The molecule has 0 unspecified atom stereocenters. The van der Waals surface area contributed by atoms with Gasteiger partial charge in [0, 0.05) is 38.0 Å². The Morgan fingerprint density at radius 1 is 1.16 bits per heavy atom. The maximum absolute atomic E-state index is 4.13. The van der Waals surface area contributed by atoms with Crippen LogP contribution in [0.2, 0.25) is 0 Å². The van der Waals surface area contributed by atoms with E-state index < -0.39 is 0 Å². The third-order valence-corrected chi connectivity index (χ3v) is 3.12. The molecule has 94 valence electrons. The number of pyridine rings is 2. The van der Waals surface area contributed by atoms with Crippen molar-refractivity contribution in [3.05, 3.63) is 66.1 Å². The smallest absolute Gasteiger partial charge is 0.213 e. The van der Waals surface area contributed by atoms with E-state index in [9.17, 15) is 0 Å². The Balaban J connectivity index is 1.92. The second-order valence-corrected chi connectivity index (χ2v) is 4.63. The van der Waals surface area contributed by atoms with Crippen molar-refractivity contribution in [2.75, 3.05) is 5.32 Å². The normalized spacial score (nSPS) is 10.6. The van der Waals surface area contributed by atoms with E-state index in [2.05, 4.69) is 52.5 Å². The van der Waals surface area contributed by atoms with Gasteiger partial charge in [0.15, 0.2) is 5.69 Å². The Kier molecular flexibility index (Phi) is 3.11. The SMILES string of the molecule is Cc1cc(NCc2cccnc2)c2ccccc2[nH+]1. The van der Waals surface area contributed by atoms with Crippen LogP contribution in [0.5, 0.6) is 0 Å². The molecular weight excluding hydrogens is 234 g/mol. The molecule has 0 saturated carbocycles. The number of rotatable bonds is 3. The van der Waals surface area contributed by atoms with Crippen molar-refractivity contribution in [1.29, 1.82) is 0 Å². The maximum atomic E-state index is 4.13. The maximum Gasteiger partial charge on any atom is 0.213 e. The quantitative estimate of drug-likeness (QED) is 0.776. The molecule has 2 aromatic heterocycles. The van der Waals surface area contributed by atoms with Gasteiger partial charge in [-0.3, -0.25) is 4.98 Å². The monoisotopic (exact) mass is 250 g/mol. The highest BCUT2D eigenvalue weighted by Crippen LogP contribution is 2.21. The number of anilines is 1. The molecule has 0 aliphatic heterocycles. The standard InChI is InChI=1S/C16H15N3/c1-12-9-16(14-6-2-3-7-15(14)19-12)18-11-13-5-4-8-17-10-13/h2-10H,11H2,1H3,(H,18,19)/p+1. The van der Waals surface area contributed by atoms with Crippen molar-refractivity contribution in [3.8, 4) is 0 Å². The first kappa shape index (κ1) is 11.7. The highest BCUT2D eigenvalue weighted by molar-refractivity contribution is 5.89. The van der Waals surface area contributed by atoms with Crippen LogP contribution in [0.1, 0.15) is 11.3 Å². The van der Waals surface area contributed by atoms with Crippen molar-refractivity contribution in [2.24, 2.45) is 0 Å². The molecule has 0 bridgehead atoms. The van der Waals surface area contributed by atoms with E-state index >= 15 is 0 Å². The van der Waals surface area contributed by atoms with E-state index in [1.165, 1.54) is 10.9 Å².